The van der Waals surface area contributed by atoms with E-state index in [0.717, 1.165) is 5.56 Å². The van der Waals surface area contributed by atoms with E-state index < -0.39 is 5.97 Å². The molecule has 0 spiro atoms. The number of benzene rings is 1. The number of rotatable bonds is 4. The number of nitrogens with zero attached hydrogens (tertiary/aromatic N) is 2. The zero-order chi connectivity index (χ0) is 13.0. The predicted octanol–water partition coefficient (Wildman–Crippen LogP) is 0.914. The van der Waals surface area contributed by atoms with Crippen molar-refractivity contribution in [1.82, 2.24) is 9.78 Å². The van der Waals surface area contributed by atoms with Gasteiger partial charge in [0.1, 0.15) is 24.7 Å². The van der Waals surface area contributed by atoms with Gasteiger partial charge in [-0.3, -0.25) is 9.48 Å². The Kier molecular flexibility index (Phi) is 3.47. The number of carbonyl (C=O) groups is 1. The van der Waals surface area contributed by atoms with Gasteiger partial charge in [0.15, 0.2) is 0 Å². The van der Waals surface area contributed by atoms with Crippen molar-refractivity contribution in [2.45, 2.75) is 13.2 Å². The van der Waals surface area contributed by atoms with E-state index in [1.807, 2.05) is 0 Å². The number of nitrogens with two attached hydrogens (primary N) is 1. The molecule has 0 saturated carbocycles. The highest BCUT2D eigenvalue weighted by atomic mass is 16.5. The van der Waals surface area contributed by atoms with Crippen LogP contribution in [0.25, 0.3) is 0 Å². The van der Waals surface area contributed by atoms with Gasteiger partial charge < -0.3 is 15.6 Å². The average molecular weight is 247 g/mol. The molecule has 2 aromatic rings. The summed E-state index contributed by atoms with van der Waals surface area (Å²) in [6.07, 6.45) is 1.60. The molecule has 0 bridgehead atoms. The highest BCUT2D eigenvalue weighted by Gasteiger charge is 2.06. The molecule has 1 heterocycles. The molecule has 3 N–H and O–H groups in total. The first-order valence-corrected chi connectivity index (χ1v) is 5.36. The Balaban J connectivity index is 1.85. The van der Waals surface area contributed by atoms with Gasteiger partial charge in [0, 0.05) is 6.20 Å². The molecule has 6 heteroatoms. The fourth-order valence-electron chi connectivity index (χ4n) is 1.45. The summed E-state index contributed by atoms with van der Waals surface area (Å²) in [7, 11) is 0. The van der Waals surface area contributed by atoms with Crippen LogP contribution >= 0.6 is 0 Å². The van der Waals surface area contributed by atoms with E-state index in [1.165, 1.54) is 4.68 Å². The molecular formula is C12H13N3O3. The molecule has 0 fully saturated rings. The molecule has 0 aliphatic heterocycles. The highest BCUT2D eigenvalue weighted by molar-refractivity contribution is 5.69. The third-order valence-corrected chi connectivity index (χ3v) is 2.26. The van der Waals surface area contributed by atoms with Gasteiger partial charge in [0.05, 0.1) is 0 Å². The third-order valence-electron chi connectivity index (χ3n) is 2.26. The monoisotopic (exact) mass is 247 g/mol. The summed E-state index contributed by atoms with van der Waals surface area (Å²) in [4.78, 5) is 11.5. The van der Waals surface area contributed by atoms with Gasteiger partial charge in [-0.25, -0.2) is 0 Å². The predicted molar refractivity (Wildman–Crippen MR) is 64.5 cm³/mol. The Morgan fingerprint density at radius 3 is 2.94 bits per heavy atom. The first kappa shape index (κ1) is 12.0. The van der Waals surface area contributed by atoms with E-state index in [4.69, 9.17) is 10.5 Å². The van der Waals surface area contributed by atoms with E-state index >= 15 is 0 Å². The van der Waals surface area contributed by atoms with Crippen LogP contribution in [0, 0.1) is 0 Å². The standard InChI is InChI=1S/C12H13N3O3/c13-11-4-5-15(14-11)7-12(17)18-8-9-2-1-3-10(16)6-9/h1-6,16H,7-8H2,(H2,13,14). The van der Waals surface area contributed by atoms with Crippen molar-refractivity contribution >= 4 is 11.8 Å². The Bertz CT molecular complexity index is 551. The average Bonchev–Trinajstić information content (AvgIpc) is 2.72. The zero-order valence-corrected chi connectivity index (χ0v) is 9.61. The van der Waals surface area contributed by atoms with Crippen LogP contribution in [-0.4, -0.2) is 20.9 Å². The van der Waals surface area contributed by atoms with Crippen LogP contribution in [0.15, 0.2) is 36.5 Å². The number of ether oxygens (including phenoxy) is 1. The molecule has 18 heavy (non-hydrogen) atoms. The van der Waals surface area contributed by atoms with Gasteiger partial charge >= 0.3 is 5.97 Å². The SMILES string of the molecule is Nc1ccn(CC(=O)OCc2cccc(O)c2)n1. The van der Waals surface area contributed by atoms with Crippen molar-refractivity contribution in [3.05, 3.63) is 42.1 Å². The van der Waals surface area contributed by atoms with E-state index in [-0.39, 0.29) is 18.9 Å². The minimum absolute atomic E-state index is 0.00994. The molecule has 94 valence electrons. The van der Waals surface area contributed by atoms with Crippen LogP contribution in [0.4, 0.5) is 5.82 Å². The molecule has 0 aliphatic rings. The summed E-state index contributed by atoms with van der Waals surface area (Å²) in [5.74, 6) is 0.0839. The first-order valence-electron chi connectivity index (χ1n) is 5.36. The Hall–Kier alpha value is -2.50. The molecule has 0 unspecified atom stereocenters. The molecule has 0 atom stereocenters. The quantitative estimate of drug-likeness (QED) is 0.784. The van der Waals surface area contributed by atoms with Crippen LogP contribution < -0.4 is 5.73 Å². The summed E-state index contributed by atoms with van der Waals surface area (Å²) in [6.45, 7) is 0.125. The van der Waals surface area contributed by atoms with Crippen LogP contribution in [0.5, 0.6) is 5.75 Å². The van der Waals surface area contributed by atoms with Gasteiger partial charge in [0.2, 0.25) is 0 Å². The number of aromatic hydroxyl groups is 1. The fraction of sp³-hybridized carbons (Fsp3) is 0.167. The van der Waals surface area contributed by atoms with Crippen LogP contribution in [-0.2, 0) is 22.7 Å². The number of nitrogen functional groups attached to an aromatic ring is 1. The number of phenols is 1. The number of phenolic OH excluding ortho intramolecular Hbond substituents is 1. The van der Waals surface area contributed by atoms with Gasteiger partial charge in [-0.05, 0) is 23.8 Å². The highest BCUT2D eigenvalue weighted by Crippen LogP contribution is 2.11. The molecule has 0 saturated heterocycles. The topological polar surface area (TPSA) is 90.4 Å². The fourth-order valence-corrected chi connectivity index (χ4v) is 1.45. The third kappa shape index (κ3) is 3.24. The van der Waals surface area contributed by atoms with Crippen molar-refractivity contribution < 1.29 is 14.6 Å². The number of aromatic nitrogens is 2. The maximum absolute atomic E-state index is 11.5. The number of anilines is 1. The summed E-state index contributed by atoms with van der Waals surface area (Å²) in [6, 6.07) is 8.14. The molecule has 1 aromatic carbocycles. The van der Waals surface area contributed by atoms with Crippen molar-refractivity contribution in [2.24, 2.45) is 0 Å². The van der Waals surface area contributed by atoms with E-state index in [9.17, 15) is 9.90 Å². The molecule has 1 aromatic heterocycles. The number of hydrogen-bond acceptors (Lipinski definition) is 5. The Morgan fingerprint density at radius 1 is 1.44 bits per heavy atom. The largest absolute Gasteiger partial charge is 0.508 e. The zero-order valence-electron chi connectivity index (χ0n) is 9.61. The summed E-state index contributed by atoms with van der Waals surface area (Å²) in [5, 5.41) is 13.1. The molecular weight excluding hydrogens is 234 g/mol. The molecule has 0 aliphatic carbocycles. The molecule has 0 amide bonds. The lowest BCUT2D eigenvalue weighted by molar-refractivity contribution is -0.145. The Morgan fingerprint density at radius 2 is 2.28 bits per heavy atom. The minimum Gasteiger partial charge on any atom is -0.508 e. The number of esters is 1. The van der Waals surface area contributed by atoms with Crippen molar-refractivity contribution in [3.63, 3.8) is 0 Å². The van der Waals surface area contributed by atoms with E-state index in [2.05, 4.69) is 5.10 Å². The van der Waals surface area contributed by atoms with Gasteiger partial charge in [-0.1, -0.05) is 12.1 Å². The second kappa shape index (κ2) is 5.22. The van der Waals surface area contributed by atoms with Crippen molar-refractivity contribution in [3.8, 4) is 5.75 Å². The molecule has 6 nitrogen and oxygen atoms in total. The number of carbonyl (C=O) groups excluding carboxylic acids is 1. The van der Waals surface area contributed by atoms with Crippen LogP contribution in [0.1, 0.15) is 5.56 Å². The van der Waals surface area contributed by atoms with Crippen LogP contribution in [0.3, 0.4) is 0 Å². The van der Waals surface area contributed by atoms with Gasteiger partial charge in [-0.15, -0.1) is 0 Å². The van der Waals surface area contributed by atoms with Gasteiger partial charge in [0.25, 0.3) is 0 Å². The van der Waals surface area contributed by atoms with Gasteiger partial charge in [-0.2, -0.15) is 5.10 Å². The van der Waals surface area contributed by atoms with Crippen molar-refractivity contribution in [2.75, 3.05) is 5.73 Å². The van der Waals surface area contributed by atoms with E-state index in [1.54, 1.807) is 36.5 Å². The molecule has 0 radical (unpaired) electrons. The molecule has 2 rings (SSSR count). The summed E-state index contributed by atoms with van der Waals surface area (Å²) in [5.41, 5.74) is 6.15. The normalized spacial score (nSPS) is 10.2. The summed E-state index contributed by atoms with van der Waals surface area (Å²) < 4.78 is 6.45. The second-order valence-corrected chi connectivity index (χ2v) is 3.77. The second-order valence-electron chi connectivity index (χ2n) is 3.77. The van der Waals surface area contributed by atoms with Crippen molar-refractivity contribution in [1.29, 1.82) is 0 Å². The smallest absolute Gasteiger partial charge is 0.328 e. The van der Waals surface area contributed by atoms with E-state index in [0.29, 0.717) is 5.82 Å². The number of hydrogen-bond donors (Lipinski definition) is 2. The minimum atomic E-state index is -0.415. The lowest BCUT2D eigenvalue weighted by atomic mass is 10.2. The maximum atomic E-state index is 11.5. The lowest BCUT2D eigenvalue weighted by Crippen LogP contribution is -2.14. The first-order chi connectivity index (χ1) is 8.63. The lowest BCUT2D eigenvalue weighted by Gasteiger charge is -2.05. The maximum Gasteiger partial charge on any atom is 0.328 e. The Labute approximate surface area is 104 Å². The summed E-state index contributed by atoms with van der Waals surface area (Å²) >= 11 is 0. The van der Waals surface area contributed by atoms with Crippen LogP contribution in [0.2, 0.25) is 0 Å².